The number of ether oxygens (including phenoxy) is 1. The zero-order valence-electron chi connectivity index (χ0n) is 17.3. The fourth-order valence-electron chi connectivity index (χ4n) is 2.41. The van der Waals surface area contributed by atoms with Gasteiger partial charge in [-0.25, -0.2) is 14.6 Å². The molecule has 0 aliphatic carbocycles. The van der Waals surface area contributed by atoms with E-state index in [9.17, 15) is 14.4 Å². The van der Waals surface area contributed by atoms with Crippen molar-refractivity contribution in [2.75, 3.05) is 27.0 Å². The molecule has 2 rings (SSSR count). The summed E-state index contributed by atoms with van der Waals surface area (Å²) in [6.45, 7) is 4.03. The normalized spacial score (nSPS) is 11.8. The second kappa shape index (κ2) is 10.2. The van der Waals surface area contributed by atoms with Gasteiger partial charge in [0.05, 0.1) is 18.4 Å². The van der Waals surface area contributed by atoms with Gasteiger partial charge < -0.3 is 9.64 Å². The van der Waals surface area contributed by atoms with E-state index in [1.165, 1.54) is 28.5 Å². The molecule has 1 amide bonds. The summed E-state index contributed by atoms with van der Waals surface area (Å²) in [5.74, 6) is 0.446. The van der Waals surface area contributed by atoms with Crippen LogP contribution in [0, 0.1) is 0 Å². The summed E-state index contributed by atoms with van der Waals surface area (Å²) in [4.78, 5) is 42.2. The summed E-state index contributed by atoms with van der Waals surface area (Å²) in [5, 5.41) is 4.75. The predicted octanol–water partition coefficient (Wildman–Crippen LogP) is 3.01. The number of rotatable bonds is 8. The van der Waals surface area contributed by atoms with Gasteiger partial charge in [-0.2, -0.15) is 4.68 Å². The van der Waals surface area contributed by atoms with Gasteiger partial charge in [0, 0.05) is 26.4 Å². The first-order valence-electron chi connectivity index (χ1n) is 9.27. The molecule has 0 aliphatic rings. The molecular weight excluding hydrogens is 392 g/mol. The highest BCUT2D eigenvalue weighted by Crippen LogP contribution is 2.22. The lowest BCUT2D eigenvalue weighted by Gasteiger charge is -2.10. The van der Waals surface area contributed by atoms with Crippen LogP contribution in [-0.2, 0) is 16.0 Å². The van der Waals surface area contributed by atoms with Crippen molar-refractivity contribution in [3.05, 3.63) is 41.2 Å². The number of benzene rings is 1. The van der Waals surface area contributed by atoms with Gasteiger partial charge in [0.25, 0.3) is 0 Å². The molecule has 29 heavy (non-hydrogen) atoms. The lowest BCUT2D eigenvalue weighted by atomic mass is 10.1. The van der Waals surface area contributed by atoms with Crippen molar-refractivity contribution in [3.8, 4) is 0 Å². The number of esters is 1. The maximum Gasteiger partial charge on any atom is 0.346 e. The number of aromatic nitrogens is 3. The Bertz CT molecular complexity index is 877. The SMILES string of the molecule is CCC(C)c1nc(SCC(=O)Cc2ccc(C(=O)OC)cc2)n(C(=O)N(C)C)n1. The van der Waals surface area contributed by atoms with Gasteiger partial charge in [0.1, 0.15) is 5.78 Å². The highest BCUT2D eigenvalue weighted by atomic mass is 32.2. The maximum atomic E-state index is 12.4. The van der Waals surface area contributed by atoms with Crippen LogP contribution < -0.4 is 0 Å². The topological polar surface area (TPSA) is 94.4 Å². The molecule has 0 saturated carbocycles. The van der Waals surface area contributed by atoms with Crippen LogP contribution in [0.5, 0.6) is 0 Å². The van der Waals surface area contributed by atoms with Crippen molar-refractivity contribution in [2.45, 2.75) is 37.8 Å². The summed E-state index contributed by atoms with van der Waals surface area (Å²) < 4.78 is 5.92. The Morgan fingerprint density at radius 3 is 2.41 bits per heavy atom. The van der Waals surface area contributed by atoms with Gasteiger partial charge in [0.2, 0.25) is 0 Å². The number of carbonyl (C=O) groups excluding carboxylic acids is 3. The number of nitrogens with zero attached hydrogens (tertiary/aromatic N) is 4. The Morgan fingerprint density at radius 2 is 1.86 bits per heavy atom. The van der Waals surface area contributed by atoms with E-state index in [1.54, 1.807) is 38.4 Å². The number of hydrogen-bond acceptors (Lipinski definition) is 7. The second-order valence-electron chi connectivity index (χ2n) is 6.84. The molecule has 2 aromatic rings. The maximum absolute atomic E-state index is 12.4. The van der Waals surface area contributed by atoms with E-state index in [2.05, 4.69) is 14.8 Å². The third kappa shape index (κ3) is 5.90. The first-order chi connectivity index (χ1) is 13.8. The molecule has 0 spiro atoms. The first kappa shape index (κ1) is 22.6. The first-order valence-corrected chi connectivity index (χ1v) is 10.3. The summed E-state index contributed by atoms with van der Waals surface area (Å²) in [6, 6.07) is 6.42. The molecule has 1 heterocycles. The van der Waals surface area contributed by atoms with E-state index < -0.39 is 5.97 Å². The molecule has 0 radical (unpaired) electrons. The van der Waals surface area contributed by atoms with Crippen molar-refractivity contribution in [1.82, 2.24) is 19.7 Å². The molecule has 1 atom stereocenters. The van der Waals surface area contributed by atoms with Gasteiger partial charge in [-0.3, -0.25) is 4.79 Å². The molecule has 0 aliphatic heterocycles. The second-order valence-corrected chi connectivity index (χ2v) is 7.79. The quantitative estimate of drug-likeness (QED) is 0.480. The minimum atomic E-state index is -0.416. The summed E-state index contributed by atoms with van der Waals surface area (Å²) in [5.41, 5.74) is 1.24. The highest BCUT2D eigenvalue weighted by Gasteiger charge is 2.21. The fraction of sp³-hybridized carbons (Fsp3) is 0.450. The fourth-order valence-corrected chi connectivity index (χ4v) is 3.20. The number of carbonyl (C=O) groups is 3. The van der Waals surface area contributed by atoms with Crippen LogP contribution in [0.2, 0.25) is 0 Å². The number of thioether (sulfide) groups is 1. The average molecular weight is 419 g/mol. The molecule has 0 bridgehead atoms. The number of Topliss-reactive ketones (excluding diaryl/α,β-unsaturated/α-hetero) is 1. The Morgan fingerprint density at radius 1 is 1.21 bits per heavy atom. The monoisotopic (exact) mass is 418 g/mol. The number of hydrogen-bond donors (Lipinski definition) is 0. The molecule has 8 nitrogen and oxygen atoms in total. The van der Waals surface area contributed by atoms with Crippen LogP contribution in [0.4, 0.5) is 4.79 Å². The van der Waals surface area contributed by atoms with Gasteiger partial charge >= 0.3 is 12.0 Å². The molecule has 156 valence electrons. The number of amides is 1. The lowest BCUT2D eigenvalue weighted by molar-refractivity contribution is -0.116. The van der Waals surface area contributed by atoms with Crippen LogP contribution in [-0.4, -0.2) is 64.4 Å². The van der Waals surface area contributed by atoms with Gasteiger partial charge in [-0.1, -0.05) is 37.7 Å². The molecule has 1 aromatic heterocycles. The van der Waals surface area contributed by atoms with E-state index in [0.717, 1.165) is 12.0 Å². The van der Waals surface area contributed by atoms with Crippen molar-refractivity contribution >= 4 is 29.5 Å². The van der Waals surface area contributed by atoms with Crippen molar-refractivity contribution < 1.29 is 19.1 Å². The smallest absolute Gasteiger partial charge is 0.346 e. The van der Waals surface area contributed by atoms with Gasteiger partial charge in [-0.05, 0) is 24.1 Å². The Balaban J connectivity index is 2.06. The van der Waals surface area contributed by atoms with Crippen LogP contribution in [0.15, 0.2) is 29.4 Å². The minimum absolute atomic E-state index is 0.0160. The van der Waals surface area contributed by atoms with Crippen molar-refractivity contribution in [1.29, 1.82) is 0 Å². The van der Waals surface area contributed by atoms with Crippen LogP contribution in [0.1, 0.15) is 47.9 Å². The summed E-state index contributed by atoms with van der Waals surface area (Å²) in [6.07, 6.45) is 1.08. The zero-order valence-corrected chi connectivity index (χ0v) is 18.2. The summed E-state index contributed by atoms with van der Waals surface area (Å²) >= 11 is 1.20. The largest absolute Gasteiger partial charge is 0.465 e. The van der Waals surface area contributed by atoms with Gasteiger partial charge in [-0.15, -0.1) is 5.10 Å². The highest BCUT2D eigenvalue weighted by molar-refractivity contribution is 7.99. The van der Waals surface area contributed by atoms with Crippen LogP contribution in [0.25, 0.3) is 0 Å². The average Bonchev–Trinajstić information content (AvgIpc) is 3.15. The molecular formula is C20H26N4O4S. The van der Waals surface area contributed by atoms with E-state index in [4.69, 9.17) is 0 Å². The molecule has 0 fully saturated rings. The molecule has 1 aromatic carbocycles. The van der Waals surface area contributed by atoms with Crippen LogP contribution in [0.3, 0.4) is 0 Å². The molecule has 0 saturated heterocycles. The van der Waals surface area contributed by atoms with E-state index in [1.807, 2.05) is 13.8 Å². The Labute approximate surface area is 174 Å². The van der Waals surface area contributed by atoms with Gasteiger partial charge in [0.15, 0.2) is 11.0 Å². The number of methoxy groups -OCH3 is 1. The van der Waals surface area contributed by atoms with E-state index >= 15 is 0 Å². The third-order valence-corrected chi connectivity index (χ3v) is 5.34. The number of ketones is 1. The Hall–Kier alpha value is -2.68. The van der Waals surface area contributed by atoms with E-state index in [0.29, 0.717) is 16.5 Å². The third-order valence-electron chi connectivity index (χ3n) is 4.35. The van der Waals surface area contributed by atoms with Crippen molar-refractivity contribution in [2.24, 2.45) is 0 Å². The molecule has 1 unspecified atom stereocenters. The van der Waals surface area contributed by atoms with Crippen LogP contribution >= 0.6 is 11.8 Å². The Kier molecular flexibility index (Phi) is 7.95. The van der Waals surface area contributed by atoms with Crippen molar-refractivity contribution in [3.63, 3.8) is 0 Å². The van der Waals surface area contributed by atoms with E-state index in [-0.39, 0.29) is 29.9 Å². The molecule has 9 heteroatoms. The zero-order chi connectivity index (χ0) is 21.6. The standard InChI is InChI=1S/C20H26N4O4S/c1-6-13(2)17-21-19(24(22-17)20(27)23(3)4)29-12-16(25)11-14-7-9-15(10-8-14)18(26)28-5/h7-10,13H,6,11-12H2,1-5H3. The lowest BCUT2D eigenvalue weighted by Crippen LogP contribution is -2.29. The summed E-state index contributed by atoms with van der Waals surface area (Å²) in [7, 11) is 4.61. The predicted molar refractivity (Wildman–Crippen MR) is 110 cm³/mol. The molecule has 0 N–H and O–H groups in total. The minimum Gasteiger partial charge on any atom is -0.465 e.